The van der Waals surface area contributed by atoms with E-state index in [1.165, 1.54) is 0 Å². The molecule has 1 atom stereocenters. The predicted molar refractivity (Wildman–Crippen MR) is 88.5 cm³/mol. The fourth-order valence-electron chi connectivity index (χ4n) is 2.77. The lowest BCUT2D eigenvalue weighted by atomic mass is 10.0. The number of anilines is 1. The van der Waals surface area contributed by atoms with Crippen LogP contribution >= 0.6 is 11.6 Å². The van der Waals surface area contributed by atoms with E-state index in [9.17, 15) is 4.79 Å². The SMILES string of the molecule is Cc1cc(NC(=O)CN2CCNCC2c2cccc(Cl)c2)no1. The molecule has 23 heavy (non-hydrogen) atoms. The van der Waals surface area contributed by atoms with Gasteiger partial charge >= 0.3 is 0 Å². The molecule has 1 aliphatic rings. The molecule has 1 aromatic heterocycles. The van der Waals surface area contributed by atoms with Crippen LogP contribution in [0.15, 0.2) is 34.9 Å². The quantitative estimate of drug-likeness (QED) is 0.897. The highest BCUT2D eigenvalue weighted by molar-refractivity contribution is 6.30. The summed E-state index contributed by atoms with van der Waals surface area (Å²) in [5.74, 6) is 1.01. The molecule has 2 aromatic rings. The van der Waals surface area contributed by atoms with Crippen molar-refractivity contribution in [1.82, 2.24) is 15.4 Å². The molecule has 0 spiro atoms. The fourth-order valence-corrected chi connectivity index (χ4v) is 2.97. The monoisotopic (exact) mass is 334 g/mol. The Balaban J connectivity index is 1.67. The molecule has 1 unspecified atom stereocenters. The summed E-state index contributed by atoms with van der Waals surface area (Å²) < 4.78 is 4.96. The van der Waals surface area contributed by atoms with Gasteiger partial charge in [-0.1, -0.05) is 28.9 Å². The lowest BCUT2D eigenvalue weighted by Crippen LogP contribution is -2.48. The topological polar surface area (TPSA) is 70.4 Å². The number of hydrogen-bond donors (Lipinski definition) is 2. The van der Waals surface area contributed by atoms with Crippen LogP contribution in [0.5, 0.6) is 0 Å². The lowest BCUT2D eigenvalue weighted by Gasteiger charge is -2.36. The van der Waals surface area contributed by atoms with Crippen LogP contribution in [0, 0.1) is 6.92 Å². The van der Waals surface area contributed by atoms with E-state index in [4.69, 9.17) is 16.1 Å². The van der Waals surface area contributed by atoms with Crippen LogP contribution in [-0.2, 0) is 4.79 Å². The summed E-state index contributed by atoms with van der Waals surface area (Å²) >= 11 is 6.09. The summed E-state index contributed by atoms with van der Waals surface area (Å²) in [6, 6.07) is 9.59. The van der Waals surface area contributed by atoms with E-state index in [1.807, 2.05) is 24.3 Å². The first-order valence-corrected chi connectivity index (χ1v) is 7.93. The number of hydrogen-bond acceptors (Lipinski definition) is 5. The molecule has 1 saturated heterocycles. The van der Waals surface area contributed by atoms with Crippen LogP contribution in [-0.4, -0.2) is 42.1 Å². The van der Waals surface area contributed by atoms with E-state index in [2.05, 4.69) is 20.7 Å². The number of carbonyl (C=O) groups excluding carboxylic acids is 1. The number of aromatic nitrogens is 1. The van der Waals surface area contributed by atoms with Gasteiger partial charge in [-0.15, -0.1) is 0 Å². The third-order valence-electron chi connectivity index (χ3n) is 3.83. The highest BCUT2D eigenvalue weighted by Crippen LogP contribution is 2.24. The summed E-state index contributed by atoms with van der Waals surface area (Å²) in [7, 11) is 0. The van der Waals surface area contributed by atoms with E-state index in [0.29, 0.717) is 23.1 Å². The summed E-state index contributed by atoms with van der Waals surface area (Å²) in [5.41, 5.74) is 1.11. The molecule has 7 heteroatoms. The van der Waals surface area contributed by atoms with Crippen LogP contribution in [0.2, 0.25) is 5.02 Å². The largest absolute Gasteiger partial charge is 0.360 e. The van der Waals surface area contributed by atoms with Crippen LogP contribution in [0.3, 0.4) is 0 Å². The summed E-state index contributed by atoms with van der Waals surface area (Å²) in [6.45, 7) is 4.52. The maximum atomic E-state index is 12.3. The summed E-state index contributed by atoms with van der Waals surface area (Å²) in [4.78, 5) is 14.4. The maximum Gasteiger partial charge on any atom is 0.239 e. The van der Waals surface area contributed by atoms with Gasteiger partial charge < -0.3 is 15.2 Å². The summed E-state index contributed by atoms with van der Waals surface area (Å²) in [5, 5.41) is 10.6. The van der Waals surface area contributed by atoms with Crippen molar-refractivity contribution in [2.75, 3.05) is 31.5 Å². The van der Waals surface area contributed by atoms with Gasteiger partial charge in [0.05, 0.1) is 6.54 Å². The van der Waals surface area contributed by atoms with Crippen molar-refractivity contribution in [2.45, 2.75) is 13.0 Å². The van der Waals surface area contributed by atoms with Crippen LogP contribution < -0.4 is 10.6 Å². The van der Waals surface area contributed by atoms with E-state index in [0.717, 1.165) is 25.2 Å². The standard InChI is InChI=1S/C16H19ClN4O2/c1-11-7-15(20-23-11)19-16(22)10-21-6-5-18-9-14(21)12-3-2-4-13(17)8-12/h2-4,7-8,14,18H,5-6,9-10H2,1H3,(H,19,20,22). The molecule has 0 bridgehead atoms. The third kappa shape index (κ3) is 4.10. The Morgan fingerprint density at radius 3 is 3.13 bits per heavy atom. The van der Waals surface area contributed by atoms with Gasteiger partial charge in [-0.05, 0) is 24.6 Å². The van der Waals surface area contributed by atoms with Crippen molar-refractivity contribution < 1.29 is 9.32 Å². The van der Waals surface area contributed by atoms with Crippen molar-refractivity contribution in [3.63, 3.8) is 0 Å². The number of carbonyl (C=O) groups is 1. The number of halogens is 1. The van der Waals surface area contributed by atoms with Crippen LogP contribution in [0.1, 0.15) is 17.4 Å². The Hall–Kier alpha value is -1.89. The molecule has 0 saturated carbocycles. The van der Waals surface area contributed by atoms with E-state index in [1.54, 1.807) is 13.0 Å². The average molecular weight is 335 g/mol. The fraction of sp³-hybridized carbons (Fsp3) is 0.375. The van der Waals surface area contributed by atoms with Crippen molar-refractivity contribution in [2.24, 2.45) is 0 Å². The first-order chi connectivity index (χ1) is 11.1. The molecule has 1 fully saturated rings. The summed E-state index contributed by atoms with van der Waals surface area (Å²) in [6.07, 6.45) is 0. The van der Waals surface area contributed by atoms with Crippen molar-refractivity contribution >= 4 is 23.3 Å². The molecule has 122 valence electrons. The molecule has 6 nitrogen and oxygen atoms in total. The van der Waals surface area contributed by atoms with Crippen LogP contribution in [0.25, 0.3) is 0 Å². The Bertz CT molecular complexity index is 688. The average Bonchev–Trinajstić information content (AvgIpc) is 2.92. The zero-order chi connectivity index (χ0) is 16.2. The first-order valence-electron chi connectivity index (χ1n) is 7.55. The Labute approximate surface area is 139 Å². The van der Waals surface area contributed by atoms with Gasteiger partial charge in [0.1, 0.15) is 5.76 Å². The molecule has 1 amide bonds. The van der Waals surface area contributed by atoms with E-state index >= 15 is 0 Å². The van der Waals surface area contributed by atoms with Gasteiger partial charge in [-0.25, -0.2) is 0 Å². The second-order valence-corrected chi connectivity index (χ2v) is 6.05. The number of aryl methyl sites for hydroxylation is 1. The number of amides is 1. The molecular weight excluding hydrogens is 316 g/mol. The van der Waals surface area contributed by atoms with Crippen LogP contribution in [0.4, 0.5) is 5.82 Å². The number of nitrogens with zero attached hydrogens (tertiary/aromatic N) is 2. The molecule has 1 aliphatic heterocycles. The minimum atomic E-state index is -0.104. The van der Waals surface area contributed by atoms with Crippen molar-refractivity contribution in [3.05, 3.63) is 46.7 Å². The molecule has 0 aliphatic carbocycles. The van der Waals surface area contributed by atoms with Gasteiger partial charge in [0.25, 0.3) is 0 Å². The van der Waals surface area contributed by atoms with Crippen molar-refractivity contribution in [3.8, 4) is 0 Å². The second kappa shape index (κ2) is 7.12. The zero-order valence-electron chi connectivity index (χ0n) is 12.9. The van der Waals surface area contributed by atoms with Gasteiger partial charge in [-0.3, -0.25) is 9.69 Å². The minimum absolute atomic E-state index is 0.104. The van der Waals surface area contributed by atoms with Crippen molar-refractivity contribution in [1.29, 1.82) is 0 Å². The van der Waals surface area contributed by atoms with Gasteiger partial charge in [-0.2, -0.15) is 0 Å². The van der Waals surface area contributed by atoms with Gasteiger partial charge in [0.15, 0.2) is 5.82 Å². The first kappa shape index (κ1) is 16.0. The van der Waals surface area contributed by atoms with E-state index < -0.39 is 0 Å². The molecule has 2 heterocycles. The van der Waals surface area contributed by atoms with Gasteiger partial charge in [0, 0.05) is 36.8 Å². The molecule has 0 radical (unpaired) electrons. The van der Waals surface area contributed by atoms with Gasteiger partial charge in [0.2, 0.25) is 5.91 Å². The third-order valence-corrected chi connectivity index (χ3v) is 4.06. The number of piperazine rings is 1. The molecule has 3 rings (SSSR count). The normalized spacial score (nSPS) is 18.8. The highest BCUT2D eigenvalue weighted by Gasteiger charge is 2.25. The molecule has 2 N–H and O–H groups in total. The number of rotatable bonds is 4. The lowest BCUT2D eigenvalue weighted by molar-refractivity contribution is -0.118. The smallest absolute Gasteiger partial charge is 0.239 e. The number of nitrogens with one attached hydrogen (secondary N) is 2. The highest BCUT2D eigenvalue weighted by atomic mass is 35.5. The minimum Gasteiger partial charge on any atom is -0.360 e. The Morgan fingerprint density at radius 1 is 1.52 bits per heavy atom. The predicted octanol–water partition coefficient (Wildman–Crippen LogP) is 2.22. The molecular formula is C16H19ClN4O2. The number of benzene rings is 1. The Kier molecular flexibility index (Phi) is 4.95. The zero-order valence-corrected chi connectivity index (χ0v) is 13.6. The second-order valence-electron chi connectivity index (χ2n) is 5.62. The Morgan fingerprint density at radius 2 is 2.39 bits per heavy atom. The molecule has 1 aromatic carbocycles. The maximum absolute atomic E-state index is 12.3. The van der Waals surface area contributed by atoms with E-state index in [-0.39, 0.29) is 11.9 Å².